The molecule has 1 nitrogen and oxygen atoms in total. The van der Waals surface area contributed by atoms with Crippen LogP contribution in [0.2, 0.25) is 0 Å². The van der Waals surface area contributed by atoms with E-state index in [1.165, 1.54) is 0 Å². The standard InChI is InChI=1S/C15H17N/c1-2-15(13-9-5-3-6-10-13)16-14-11-7-4-8-12-14/h3-12,15-16H,2H2,1H3/i1D2. The molecule has 0 fully saturated rings. The van der Waals surface area contributed by atoms with E-state index in [1.807, 2.05) is 60.7 Å². The molecule has 1 N–H and O–H groups in total. The maximum Gasteiger partial charge on any atom is 0.0511 e. The largest absolute Gasteiger partial charge is 0.378 e. The molecular weight excluding hydrogens is 194 g/mol. The Labute approximate surface area is 99.9 Å². The number of hydrogen-bond acceptors (Lipinski definition) is 1. The molecule has 0 saturated heterocycles. The molecule has 0 amide bonds. The lowest BCUT2D eigenvalue weighted by molar-refractivity contribution is 0.749. The van der Waals surface area contributed by atoms with E-state index in [4.69, 9.17) is 2.74 Å². The fourth-order valence-electron chi connectivity index (χ4n) is 1.70. The van der Waals surface area contributed by atoms with E-state index < -0.39 is 6.88 Å². The van der Waals surface area contributed by atoms with Crippen LogP contribution in [0.4, 0.5) is 5.69 Å². The summed E-state index contributed by atoms with van der Waals surface area (Å²) in [6.45, 7) is -0.827. The molecule has 1 atom stereocenters. The van der Waals surface area contributed by atoms with Crippen molar-refractivity contribution in [2.24, 2.45) is 0 Å². The van der Waals surface area contributed by atoms with Gasteiger partial charge in [-0.3, -0.25) is 0 Å². The maximum atomic E-state index is 7.45. The quantitative estimate of drug-likeness (QED) is 0.800. The predicted octanol–water partition coefficient (Wildman–Crippen LogP) is 4.25. The predicted molar refractivity (Wildman–Crippen MR) is 69.5 cm³/mol. The van der Waals surface area contributed by atoms with Gasteiger partial charge in [0.05, 0.1) is 6.04 Å². The summed E-state index contributed by atoms with van der Waals surface area (Å²) in [5, 5.41) is 3.39. The van der Waals surface area contributed by atoms with Crippen molar-refractivity contribution in [2.75, 3.05) is 5.32 Å². The third kappa shape index (κ3) is 2.63. The second kappa shape index (κ2) is 5.36. The lowest BCUT2D eigenvalue weighted by Gasteiger charge is -2.18. The Kier molecular flexibility index (Phi) is 2.81. The van der Waals surface area contributed by atoms with Crippen LogP contribution in [0, 0.1) is 0 Å². The zero-order chi connectivity index (χ0) is 12.8. The topological polar surface area (TPSA) is 12.0 Å². The first-order valence-corrected chi connectivity index (χ1v) is 5.47. The van der Waals surface area contributed by atoms with Gasteiger partial charge in [0.25, 0.3) is 0 Å². The second-order valence-electron chi connectivity index (χ2n) is 3.71. The van der Waals surface area contributed by atoms with Crippen molar-refractivity contribution in [2.45, 2.75) is 19.3 Å². The first-order valence-electron chi connectivity index (χ1n) is 6.62. The van der Waals surface area contributed by atoms with E-state index in [9.17, 15) is 0 Å². The first-order chi connectivity index (χ1) is 8.75. The van der Waals surface area contributed by atoms with Gasteiger partial charge in [0.15, 0.2) is 0 Å². The molecule has 1 heteroatoms. The highest BCUT2D eigenvalue weighted by atomic mass is 14.9. The van der Waals surface area contributed by atoms with E-state index in [1.54, 1.807) is 0 Å². The van der Waals surface area contributed by atoms with Crippen molar-refractivity contribution >= 4 is 5.69 Å². The fraction of sp³-hybridized carbons (Fsp3) is 0.200. The second-order valence-corrected chi connectivity index (χ2v) is 3.71. The molecule has 0 spiro atoms. The van der Waals surface area contributed by atoms with Crippen molar-refractivity contribution in [1.29, 1.82) is 0 Å². The molecule has 16 heavy (non-hydrogen) atoms. The molecule has 2 aromatic rings. The van der Waals surface area contributed by atoms with Gasteiger partial charge in [-0.2, -0.15) is 0 Å². The number of anilines is 1. The van der Waals surface area contributed by atoms with Crippen LogP contribution >= 0.6 is 0 Å². The van der Waals surface area contributed by atoms with Crippen molar-refractivity contribution in [3.63, 3.8) is 0 Å². The summed E-state index contributed by atoms with van der Waals surface area (Å²) in [5.74, 6) is 0. The summed E-state index contributed by atoms with van der Waals surface area (Å²) in [4.78, 5) is 0. The summed E-state index contributed by atoms with van der Waals surface area (Å²) in [6, 6.07) is 19.9. The fourth-order valence-corrected chi connectivity index (χ4v) is 1.70. The maximum absolute atomic E-state index is 7.45. The molecule has 2 rings (SSSR count). The van der Waals surface area contributed by atoms with Crippen molar-refractivity contribution in [1.82, 2.24) is 0 Å². The summed E-state index contributed by atoms with van der Waals surface area (Å²) in [5.41, 5.74) is 2.14. The third-order valence-corrected chi connectivity index (χ3v) is 2.55. The number of nitrogens with one attached hydrogen (secondary N) is 1. The van der Waals surface area contributed by atoms with Gasteiger partial charge >= 0.3 is 0 Å². The normalized spacial score (nSPS) is 14.1. The zero-order valence-electron chi connectivity index (χ0n) is 11.1. The van der Waals surface area contributed by atoms with Gasteiger partial charge in [-0.25, -0.2) is 0 Å². The molecule has 0 aliphatic rings. The van der Waals surface area contributed by atoms with Crippen LogP contribution in [0.5, 0.6) is 0 Å². The van der Waals surface area contributed by atoms with Gasteiger partial charge in [-0.05, 0) is 24.1 Å². The van der Waals surface area contributed by atoms with Crippen LogP contribution in [-0.2, 0) is 0 Å². The molecule has 0 saturated carbocycles. The van der Waals surface area contributed by atoms with E-state index in [-0.39, 0.29) is 6.04 Å². The molecule has 0 bridgehead atoms. The van der Waals surface area contributed by atoms with Crippen LogP contribution in [0.15, 0.2) is 60.7 Å². The monoisotopic (exact) mass is 213 g/mol. The Morgan fingerprint density at radius 1 is 1.00 bits per heavy atom. The van der Waals surface area contributed by atoms with Crippen molar-refractivity contribution in [3.8, 4) is 0 Å². The lowest BCUT2D eigenvalue weighted by Crippen LogP contribution is -2.09. The molecule has 0 heterocycles. The Bertz CT molecular complexity index is 456. The number of rotatable bonds is 4. The molecule has 0 aromatic heterocycles. The van der Waals surface area contributed by atoms with Gasteiger partial charge in [0, 0.05) is 8.43 Å². The van der Waals surface area contributed by atoms with Gasteiger partial charge in [0.2, 0.25) is 0 Å². The van der Waals surface area contributed by atoms with Gasteiger partial charge in [-0.15, -0.1) is 0 Å². The van der Waals surface area contributed by atoms with Gasteiger partial charge in [-0.1, -0.05) is 55.4 Å². The number of hydrogen-bond donors (Lipinski definition) is 1. The molecule has 1 unspecified atom stereocenters. The van der Waals surface area contributed by atoms with Crippen LogP contribution in [-0.4, -0.2) is 0 Å². The van der Waals surface area contributed by atoms with E-state index in [0.717, 1.165) is 11.3 Å². The summed E-state index contributed by atoms with van der Waals surface area (Å²) in [6.07, 6.45) is 0.471. The van der Waals surface area contributed by atoms with Crippen LogP contribution in [0.25, 0.3) is 0 Å². The molecule has 82 valence electrons. The SMILES string of the molecule is [2H]C([2H])CC(Nc1ccccc1)c1ccccc1. The minimum Gasteiger partial charge on any atom is -0.378 e. The Hall–Kier alpha value is -1.76. The first kappa shape index (κ1) is 8.40. The molecular formula is C15H17N. The van der Waals surface area contributed by atoms with Crippen LogP contribution in [0.3, 0.4) is 0 Å². The summed E-state index contributed by atoms with van der Waals surface area (Å²) < 4.78 is 14.9. The Morgan fingerprint density at radius 2 is 1.62 bits per heavy atom. The number of benzene rings is 2. The highest BCUT2D eigenvalue weighted by Crippen LogP contribution is 2.21. The van der Waals surface area contributed by atoms with Gasteiger partial charge < -0.3 is 5.32 Å². The minimum absolute atomic E-state index is 0.00796. The van der Waals surface area contributed by atoms with E-state index in [2.05, 4.69) is 5.32 Å². The van der Waals surface area contributed by atoms with Crippen LogP contribution in [0.1, 0.15) is 27.6 Å². The smallest absolute Gasteiger partial charge is 0.0511 e. The Morgan fingerprint density at radius 3 is 2.25 bits per heavy atom. The van der Waals surface area contributed by atoms with Crippen LogP contribution < -0.4 is 5.32 Å². The zero-order valence-corrected chi connectivity index (χ0v) is 9.14. The summed E-state index contributed by atoms with van der Waals surface area (Å²) >= 11 is 0. The molecule has 2 aromatic carbocycles. The van der Waals surface area contributed by atoms with E-state index >= 15 is 0 Å². The minimum atomic E-state index is -0.827. The van der Waals surface area contributed by atoms with Crippen molar-refractivity contribution < 1.29 is 2.74 Å². The van der Waals surface area contributed by atoms with Crippen molar-refractivity contribution in [3.05, 3.63) is 66.2 Å². The highest BCUT2D eigenvalue weighted by molar-refractivity contribution is 5.45. The van der Waals surface area contributed by atoms with E-state index in [0.29, 0.717) is 6.42 Å². The molecule has 0 aliphatic heterocycles. The number of para-hydroxylation sites is 1. The highest BCUT2D eigenvalue weighted by Gasteiger charge is 2.07. The molecule has 0 aliphatic carbocycles. The molecule has 0 radical (unpaired) electrons. The average molecular weight is 213 g/mol. The average Bonchev–Trinajstić information content (AvgIpc) is 2.40. The van der Waals surface area contributed by atoms with Gasteiger partial charge in [0.1, 0.15) is 0 Å². The Balaban J connectivity index is 2.16. The third-order valence-electron chi connectivity index (χ3n) is 2.55. The lowest BCUT2D eigenvalue weighted by atomic mass is 10.0. The summed E-state index contributed by atoms with van der Waals surface area (Å²) in [7, 11) is 0.